The van der Waals surface area contributed by atoms with Crippen LogP contribution in [0.1, 0.15) is 39.4 Å². The van der Waals surface area contributed by atoms with Gasteiger partial charge in [0.25, 0.3) is 0 Å². The normalized spacial score (nSPS) is 17.0. The number of fused-ring (bicyclic) bond motifs is 4. The minimum Gasteiger partial charge on any atom is -0.493 e. The molecule has 190 valence electrons. The predicted molar refractivity (Wildman–Crippen MR) is 137 cm³/mol. The summed E-state index contributed by atoms with van der Waals surface area (Å²) in [6, 6.07) is 13.4. The van der Waals surface area contributed by atoms with Crippen molar-refractivity contribution >= 4 is 10.1 Å². The van der Waals surface area contributed by atoms with E-state index in [2.05, 4.69) is 17.0 Å². The number of benzene rings is 3. The first-order chi connectivity index (χ1) is 17.2. The van der Waals surface area contributed by atoms with Crippen LogP contribution in [-0.4, -0.2) is 41.2 Å². The first-order valence-corrected chi connectivity index (χ1v) is 13.4. The van der Waals surface area contributed by atoms with Crippen LogP contribution < -0.4 is 18.4 Å². The van der Waals surface area contributed by atoms with E-state index in [0.717, 1.165) is 41.8 Å². The summed E-state index contributed by atoms with van der Waals surface area (Å²) in [7, 11) is 0.769. The van der Waals surface area contributed by atoms with Crippen molar-refractivity contribution in [3.63, 3.8) is 0 Å². The molecule has 0 bridgehead atoms. The Balaban J connectivity index is 1.55. The van der Waals surface area contributed by atoms with Gasteiger partial charge in [0.1, 0.15) is 4.90 Å². The third-order valence-corrected chi connectivity index (χ3v) is 8.60. The number of aryl methyl sites for hydroxylation is 2. The van der Waals surface area contributed by atoms with Crippen molar-refractivity contribution in [2.24, 2.45) is 0 Å². The average molecular weight is 510 g/mol. The molecule has 3 aromatic rings. The molecule has 0 saturated carbocycles. The average Bonchev–Trinajstić information content (AvgIpc) is 2.88. The lowest BCUT2D eigenvalue weighted by Gasteiger charge is -2.42. The molecule has 3 aromatic carbocycles. The van der Waals surface area contributed by atoms with Gasteiger partial charge in [-0.1, -0.05) is 18.2 Å². The highest BCUT2D eigenvalue weighted by Gasteiger charge is 2.36. The van der Waals surface area contributed by atoms with Crippen LogP contribution in [0.3, 0.4) is 0 Å². The summed E-state index contributed by atoms with van der Waals surface area (Å²) in [6.07, 6.45) is 1.59. The molecule has 0 fully saturated rings. The topological polar surface area (TPSA) is 74.3 Å². The number of rotatable bonds is 6. The SMILES string of the molecule is COc1cc2c(cc1OC)C1Cc3ccc(OC)c(OS(=O)(=O)c4cc(C)ccc4C)c3CN1CC2. The minimum atomic E-state index is -4.06. The molecule has 8 heteroatoms. The molecule has 0 radical (unpaired) electrons. The van der Waals surface area contributed by atoms with Gasteiger partial charge in [-0.05, 0) is 78.8 Å². The van der Waals surface area contributed by atoms with Crippen LogP contribution in [-0.2, 0) is 29.5 Å². The molecule has 0 aromatic heterocycles. The minimum absolute atomic E-state index is 0.151. The molecular weight excluding hydrogens is 478 g/mol. The van der Waals surface area contributed by atoms with Gasteiger partial charge in [-0.25, -0.2) is 0 Å². The summed E-state index contributed by atoms with van der Waals surface area (Å²) in [4.78, 5) is 2.54. The van der Waals surface area contributed by atoms with Gasteiger partial charge in [0.2, 0.25) is 0 Å². The van der Waals surface area contributed by atoms with E-state index in [1.807, 2.05) is 19.1 Å². The maximum absolute atomic E-state index is 13.4. The number of hydrogen-bond donors (Lipinski definition) is 0. The van der Waals surface area contributed by atoms with E-state index < -0.39 is 10.1 Å². The molecule has 1 unspecified atom stereocenters. The van der Waals surface area contributed by atoms with E-state index in [0.29, 0.717) is 23.6 Å². The van der Waals surface area contributed by atoms with Gasteiger partial charge < -0.3 is 18.4 Å². The monoisotopic (exact) mass is 509 g/mol. The zero-order valence-corrected chi connectivity index (χ0v) is 22.1. The van der Waals surface area contributed by atoms with Gasteiger partial charge in [-0.15, -0.1) is 0 Å². The molecule has 0 amide bonds. The quantitative estimate of drug-likeness (QED) is 0.444. The van der Waals surface area contributed by atoms with Crippen molar-refractivity contribution in [2.45, 2.75) is 44.2 Å². The molecule has 5 rings (SSSR count). The van der Waals surface area contributed by atoms with Crippen LogP contribution in [0.15, 0.2) is 47.4 Å². The van der Waals surface area contributed by atoms with Crippen molar-refractivity contribution < 1.29 is 26.8 Å². The summed E-state index contributed by atoms with van der Waals surface area (Å²) >= 11 is 0. The number of methoxy groups -OCH3 is 3. The van der Waals surface area contributed by atoms with Crippen LogP contribution >= 0.6 is 0 Å². The zero-order valence-electron chi connectivity index (χ0n) is 21.3. The molecule has 0 aliphatic carbocycles. The summed E-state index contributed by atoms with van der Waals surface area (Å²) < 4.78 is 49.3. The summed E-state index contributed by atoms with van der Waals surface area (Å²) in [5.41, 5.74) is 5.85. The predicted octanol–water partition coefficient (Wildman–Crippen LogP) is 4.75. The van der Waals surface area contributed by atoms with Crippen molar-refractivity contribution in [2.75, 3.05) is 27.9 Å². The van der Waals surface area contributed by atoms with Gasteiger partial charge in [0.05, 0.1) is 21.3 Å². The Hall–Kier alpha value is -3.23. The fraction of sp³-hybridized carbons (Fsp3) is 0.357. The number of ether oxygens (including phenoxy) is 3. The summed E-state index contributed by atoms with van der Waals surface area (Å²) in [5, 5.41) is 0. The van der Waals surface area contributed by atoms with Gasteiger partial charge in [0, 0.05) is 24.7 Å². The van der Waals surface area contributed by atoms with Gasteiger partial charge in [-0.2, -0.15) is 8.42 Å². The summed E-state index contributed by atoms with van der Waals surface area (Å²) in [6.45, 7) is 5.03. The lowest BCUT2D eigenvalue weighted by atomic mass is 9.83. The van der Waals surface area contributed by atoms with Gasteiger partial charge in [-0.3, -0.25) is 4.90 Å². The van der Waals surface area contributed by atoms with Crippen LogP contribution in [0.2, 0.25) is 0 Å². The van der Waals surface area contributed by atoms with E-state index in [4.69, 9.17) is 18.4 Å². The maximum Gasteiger partial charge on any atom is 0.339 e. The second kappa shape index (κ2) is 9.33. The Morgan fingerprint density at radius 3 is 2.31 bits per heavy atom. The highest BCUT2D eigenvalue weighted by atomic mass is 32.2. The van der Waals surface area contributed by atoms with E-state index in [-0.39, 0.29) is 16.7 Å². The number of nitrogens with zero attached hydrogens (tertiary/aromatic N) is 1. The van der Waals surface area contributed by atoms with Crippen LogP contribution in [0, 0.1) is 13.8 Å². The molecule has 36 heavy (non-hydrogen) atoms. The molecule has 0 saturated heterocycles. The largest absolute Gasteiger partial charge is 0.493 e. The Labute approximate surface area is 212 Å². The fourth-order valence-corrected chi connectivity index (χ4v) is 6.60. The third-order valence-electron chi connectivity index (χ3n) is 7.24. The van der Waals surface area contributed by atoms with E-state index >= 15 is 0 Å². The molecule has 7 nitrogen and oxygen atoms in total. The Bertz CT molecular complexity index is 1430. The van der Waals surface area contributed by atoms with Gasteiger partial charge >= 0.3 is 10.1 Å². The highest BCUT2D eigenvalue weighted by Crippen LogP contribution is 2.46. The first kappa shape index (κ1) is 24.5. The number of hydrogen-bond acceptors (Lipinski definition) is 7. The zero-order chi connectivity index (χ0) is 25.6. The molecule has 0 N–H and O–H groups in total. The lowest BCUT2D eigenvalue weighted by Crippen LogP contribution is -2.39. The molecule has 2 aliphatic heterocycles. The van der Waals surface area contributed by atoms with Crippen LogP contribution in [0.25, 0.3) is 0 Å². The molecule has 2 aliphatic rings. The van der Waals surface area contributed by atoms with E-state index in [1.165, 1.54) is 18.2 Å². The molecular formula is C28H31NO6S. The molecule has 2 heterocycles. The fourth-order valence-electron chi connectivity index (χ4n) is 5.31. The van der Waals surface area contributed by atoms with Crippen LogP contribution in [0.4, 0.5) is 0 Å². The Morgan fingerprint density at radius 2 is 1.58 bits per heavy atom. The summed E-state index contributed by atoms with van der Waals surface area (Å²) in [5.74, 6) is 2.12. The standard InChI is InChI=1S/C28H31NO6S/c1-17-6-7-18(2)27(12-17)36(30,31)35-28-22-16-29-11-10-20-14-25(33-4)26(34-5)15-21(20)23(29)13-19(22)8-9-24(28)32-3/h6-9,12,14-15,23H,10-11,13,16H2,1-5H3. The molecule has 1 atom stereocenters. The van der Waals surface area contributed by atoms with Crippen molar-refractivity contribution in [3.8, 4) is 23.0 Å². The Kier molecular flexibility index (Phi) is 6.34. The van der Waals surface area contributed by atoms with E-state index in [9.17, 15) is 8.42 Å². The second-order valence-electron chi connectivity index (χ2n) is 9.39. The second-order valence-corrected chi connectivity index (χ2v) is 10.9. The van der Waals surface area contributed by atoms with Crippen molar-refractivity contribution in [1.29, 1.82) is 0 Å². The smallest absolute Gasteiger partial charge is 0.339 e. The maximum atomic E-state index is 13.4. The lowest BCUT2D eigenvalue weighted by molar-refractivity contribution is 0.158. The third kappa shape index (κ3) is 4.18. The highest BCUT2D eigenvalue weighted by molar-refractivity contribution is 7.87. The van der Waals surface area contributed by atoms with Crippen molar-refractivity contribution in [1.82, 2.24) is 4.90 Å². The Morgan fingerprint density at radius 1 is 0.861 bits per heavy atom. The van der Waals surface area contributed by atoms with Crippen LogP contribution in [0.5, 0.6) is 23.0 Å². The van der Waals surface area contributed by atoms with E-state index in [1.54, 1.807) is 39.3 Å². The first-order valence-electron chi connectivity index (χ1n) is 11.9. The van der Waals surface area contributed by atoms with Crippen molar-refractivity contribution in [3.05, 3.63) is 75.8 Å². The van der Waals surface area contributed by atoms with Gasteiger partial charge in [0.15, 0.2) is 23.0 Å². The molecule has 0 spiro atoms.